The Bertz CT molecular complexity index is 7940. The van der Waals surface area contributed by atoms with E-state index in [-0.39, 0.29) is 34.2 Å². The van der Waals surface area contributed by atoms with Crippen LogP contribution in [0.4, 0.5) is 0 Å². The fourth-order valence-corrected chi connectivity index (χ4v) is 16.7. The zero-order valence-electron chi connectivity index (χ0n) is 69.3. The summed E-state index contributed by atoms with van der Waals surface area (Å²) in [5, 5.41) is 29.9. The number of hydrogen-bond donors (Lipinski definition) is 2. The number of rotatable bonds is 10. The Hall–Kier alpha value is -14.8. The molecule has 9 heterocycles. The molecule has 24 rings (SSSR count). The number of benzene rings is 15. The Kier molecular flexibility index (Phi) is 22.0. The van der Waals surface area contributed by atoms with E-state index < -0.39 is 7.12 Å². The van der Waals surface area contributed by atoms with Gasteiger partial charge in [0.25, 0.3) is 0 Å². The van der Waals surface area contributed by atoms with Gasteiger partial charge in [-0.05, 0) is 183 Å². The molecule has 0 atom stereocenters. The summed E-state index contributed by atoms with van der Waals surface area (Å²) in [6.45, 7) is 8.33. The van der Waals surface area contributed by atoms with Crippen molar-refractivity contribution in [2.45, 2.75) is 38.9 Å². The fourth-order valence-electron chi connectivity index (χ4n) is 16.1. The topological polar surface area (TPSA) is 224 Å². The lowest BCUT2D eigenvalue weighted by Crippen LogP contribution is -2.41. The highest BCUT2D eigenvalue weighted by Crippen LogP contribution is 2.41. The highest BCUT2D eigenvalue weighted by Gasteiger charge is 2.51. The molecule has 1 saturated heterocycles. The first-order valence-electron chi connectivity index (χ1n) is 41.5. The highest BCUT2D eigenvalue weighted by atomic mass is 35.5. The standard InChI is InChI=1S/C39H24N4O.C24H24BNO2.C21H12ClN3O.C12H9BO3.C9H5Cl2N3/c1-2-10-25(11-3-1)37-40-38(42-39(41-37)27-20-23-32-31-14-6-9-17-35(31)44-36(32)24-27)26-18-21-28(22-19-26)43-33-15-7-4-12-29(33)30-13-5-8-16-34(30)43;1-23(2)24(3,4)28-25(27-23)17-13-15-18(16-14-17)26-21-11-7-5-9-19(21)20-10-6-8-12-22(20)26;22-21-24-19(13-6-2-1-3-7-13)23-20(25-21)14-10-11-16-15-8-4-5-9-17(15)26-18(16)12-14;14-13(15)8-5-6-10-9-3-1-2-4-11(9)16-12(10)7-8;10-8-12-7(13-9(11)14-8)6-4-2-1-3-5-6/h1-24H;5-16H,1-4H3;1-12H;1-7,14-15H;1-5H. The minimum atomic E-state index is -1.46. The molecule has 128 heavy (non-hydrogen) atoms. The second kappa shape index (κ2) is 34.6. The summed E-state index contributed by atoms with van der Waals surface area (Å²) >= 11 is 17.5. The SMILES string of the molecule is CC1(C)OB(c2ccc(-n3c4ccccc4c4ccccc43)cc2)OC1(C)C.Clc1nc(-c2ccccc2)nc(-c2ccc3c(c2)oc2ccccc23)n1.Clc1nc(Cl)nc(-c2ccccc2)n1.OB(O)c1ccc2c(c1)oc1ccccc12.c1ccc(-c2nc(-c3ccc(-n4c5ccccc5c5ccccc54)cc3)nc(-c3ccc4c(c3)oc3ccccc34)n2)cc1. The van der Waals surface area contributed by atoms with Crippen molar-refractivity contribution in [1.29, 1.82) is 0 Å². The molecule has 23 heteroatoms. The first-order chi connectivity index (χ1) is 62.5. The summed E-state index contributed by atoms with van der Waals surface area (Å²) < 4.78 is 34.8. The molecule has 1 fully saturated rings. The maximum atomic E-state index is 9.07. The number of aromatic nitrogens is 11. The molecule has 0 bridgehead atoms. The summed E-state index contributed by atoms with van der Waals surface area (Å²) in [7, 11) is -1.80. The number of hydrogen-bond acceptors (Lipinski definition) is 16. The first-order valence-corrected chi connectivity index (χ1v) is 42.6. The van der Waals surface area contributed by atoms with Gasteiger partial charge in [-0.3, -0.25) is 0 Å². The van der Waals surface area contributed by atoms with Crippen LogP contribution in [0.5, 0.6) is 0 Å². The predicted molar refractivity (Wildman–Crippen MR) is 516 cm³/mol. The van der Waals surface area contributed by atoms with E-state index in [4.69, 9.17) is 82.4 Å². The van der Waals surface area contributed by atoms with E-state index in [2.05, 4.69) is 231 Å². The van der Waals surface area contributed by atoms with E-state index >= 15 is 0 Å². The molecule has 0 unspecified atom stereocenters. The summed E-state index contributed by atoms with van der Waals surface area (Å²) in [6.07, 6.45) is 0. The molecule has 18 nitrogen and oxygen atoms in total. The molecule has 23 aromatic rings. The van der Waals surface area contributed by atoms with Gasteiger partial charge >= 0.3 is 14.2 Å². The molecular weight excluding hydrogens is 1660 g/mol. The molecular formula is C105H74B2Cl3N11O7. The minimum Gasteiger partial charge on any atom is -0.456 e. The lowest BCUT2D eigenvalue weighted by atomic mass is 9.79. The second-order valence-corrected chi connectivity index (χ2v) is 32.7. The Balaban J connectivity index is 0.000000107. The Morgan fingerprint density at radius 1 is 0.258 bits per heavy atom. The molecule has 2 N–H and O–H groups in total. The molecule has 0 amide bonds. The number of para-hydroxylation sites is 7. The van der Waals surface area contributed by atoms with Gasteiger partial charge in [-0.25, -0.2) is 19.9 Å². The van der Waals surface area contributed by atoms with E-state index in [0.29, 0.717) is 46.0 Å². The quantitative estimate of drug-likeness (QED) is 0.121. The molecule has 0 aliphatic carbocycles. The van der Waals surface area contributed by atoms with E-state index in [1.54, 1.807) is 12.1 Å². The zero-order valence-corrected chi connectivity index (χ0v) is 71.6. The van der Waals surface area contributed by atoms with Crippen molar-refractivity contribution in [3.05, 3.63) is 380 Å². The fraction of sp³-hybridized carbons (Fsp3) is 0.0571. The third-order valence-electron chi connectivity index (χ3n) is 23.1. The molecule has 0 spiro atoms. The van der Waals surface area contributed by atoms with Gasteiger partial charge in [-0.1, -0.05) is 255 Å². The van der Waals surface area contributed by atoms with Gasteiger partial charge in [0.1, 0.15) is 33.5 Å². The Morgan fingerprint density at radius 3 is 0.898 bits per heavy atom. The van der Waals surface area contributed by atoms with Gasteiger partial charge in [0.05, 0.1) is 33.3 Å². The summed E-state index contributed by atoms with van der Waals surface area (Å²) in [5.41, 5.74) is 17.9. The van der Waals surface area contributed by atoms with Crippen molar-refractivity contribution in [1.82, 2.24) is 54.0 Å². The van der Waals surface area contributed by atoms with Crippen LogP contribution < -0.4 is 10.9 Å². The normalized spacial score (nSPS) is 12.8. The van der Waals surface area contributed by atoms with Crippen molar-refractivity contribution in [3.63, 3.8) is 0 Å². The van der Waals surface area contributed by atoms with Crippen LogP contribution in [0.3, 0.4) is 0 Å². The molecule has 0 radical (unpaired) electrons. The van der Waals surface area contributed by atoms with Crippen molar-refractivity contribution in [2.75, 3.05) is 0 Å². The number of furan rings is 3. The van der Waals surface area contributed by atoms with Gasteiger partial charge in [-0.15, -0.1) is 0 Å². The smallest absolute Gasteiger partial charge is 0.456 e. The van der Waals surface area contributed by atoms with Crippen molar-refractivity contribution < 1.29 is 32.6 Å². The number of halogens is 3. The Labute approximate surface area is 749 Å². The van der Waals surface area contributed by atoms with Crippen LogP contribution in [0, 0.1) is 0 Å². The van der Waals surface area contributed by atoms with E-state index in [0.717, 1.165) is 110 Å². The number of nitrogens with zero attached hydrogens (tertiary/aromatic N) is 11. The van der Waals surface area contributed by atoms with Gasteiger partial charge in [-0.2, -0.15) is 24.9 Å². The maximum absolute atomic E-state index is 9.07. The average Bonchev–Trinajstić information content (AvgIpc) is 1.59. The average molecular weight is 1730 g/mol. The second-order valence-electron chi connectivity index (χ2n) is 31.7. The largest absolute Gasteiger partial charge is 0.494 e. The van der Waals surface area contributed by atoms with Crippen molar-refractivity contribution in [2.24, 2.45) is 0 Å². The predicted octanol–water partition coefficient (Wildman–Crippen LogP) is 24.8. The van der Waals surface area contributed by atoms with Crippen LogP contribution in [-0.4, -0.2) is 89.5 Å². The summed E-state index contributed by atoms with van der Waals surface area (Å²) in [5.74, 6) is 3.39. The zero-order chi connectivity index (χ0) is 87.2. The Morgan fingerprint density at radius 2 is 0.523 bits per heavy atom. The van der Waals surface area contributed by atoms with E-state index in [1.807, 2.05) is 188 Å². The lowest BCUT2D eigenvalue weighted by molar-refractivity contribution is 0.00578. The van der Waals surface area contributed by atoms with E-state index in [1.165, 1.54) is 43.6 Å². The van der Waals surface area contributed by atoms with Gasteiger partial charge in [0.2, 0.25) is 15.9 Å². The first kappa shape index (κ1) is 81.5. The lowest BCUT2D eigenvalue weighted by Gasteiger charge is -2.32. The summed E-state index contributed by atoms with van der Waals surface area (Å²) in [4.78, 5) is 39.6. The van der Waals surface area contributed by atoms with Crippen molar-refractivity contribution >= 4 is 169 Å². The molecule has 0 saturated carbocycles. The van der Waals surface area contributed by atoms with Gasteiger partial charge in [0, 0.05) is 98.6 Å². The van der Waals surface area contributed by atoms with Crippen molar-refractivity contribution in [3.8, 4) is 79.7 Å². The van der Waals surface area contributed by atoms with Crippen LogP contribution in [0.15, 0.2) is 377 Å². The molecule has 15 aromatic carbocycles. The molecule has 1 aliphatic heterocycles. The maximum Gasteiger partial charge on any atom is 0.494 e. The highest BCUT2D eigenvalue weighted by molar-refractivity contribution is 6.62. The van der Waals surface area contributed by atoms with Crippen LogP contribution in [0.1, 0.15) is 27.7 Å². The third-order valence-corrected chi connectivity index (χ3v) is 23.6. The third kappa shape index (κ3) is 16.2. The van der Waals surface area contributed by atoms with Crippen LogP contribution in [-0.2, 0) is 9.31 Å². The molecule has 1 aliphatic rings. The molecule has 8 aromatic heterocycles. The van der Waals surface area contributed by atoms with Gasteiger partial charge < -0.3 is 41.7 Å². The molecule has 618 valence electrons. The van der Waals surface area contributed by atoms with Crippen LogP contribution in [0.25, 0.3) is 189 Å². The van der Waals surface area contributed by atoms with Gasteiger partial charge in [0.15, 0.2) is 34.9 Å². The van der Waals surface area contributed by atoms with Crippen LogP contribution in [0.2, 0.25) is 15.9 Å². The minimum absolute atomic E-state index is 0.101. The van der Waals surface area contributed by atoms with Crippen LogP contribution >= 0.6 is 34.8 Å². The number of fused-ring (bicyclic) bond motifs is 15. The van der Waals surface area contributed by atoms with E-state index in [9.17, 15) is 0 Å². The summed E-state index contributed by atoms with van der Waals surface area (Å²) in [6, 6.07) is 121. The monoisotopic (exact) mass is 1730 g/mol.